The Kier molecular flexibility index (Phi) is 5.49. The van der Waals surface area contributed by atoms with E-state index >= 15 is 0 Å². The Morgan fingerprint density at radius 1 is 1.06 bits per heavy atom. The molecule has 1 unspecified atom stereocenters. The zero-order chi connectivity index (χ0) is 22.3. The van der Waals surface area contributed by atoms with Crippen molar-refractivity contribution in [2.45, 2.75) is 44.2 Å². The number of halogens is 3. The van der Waals surface area contributed by atoms with Gasteiger partial charge in [-0.1, -0.05) is 30.3 Å². The number of nitrogens with one attached hydrogen (secondary N) is 1. The first-order valence-electron chi connectivity index (χ1n) is 11.0. The second kappa shape index (κ2) is 8.31. The number of para-hydroxylation sites is 1. The van der Waals surface area contributed by atoms with Crippen LogP contribution < -0.4 is 10.1 Å². The average molecular weight is 446 g/mol. The first-order valence-corrected chi connectivity index (χ1v) is 11.0. The van der Waals surface area contributed by atoms with Gasteiger partial charge >= 0.3 is 12.5 Å². The van der Waals surface area contributed by atoms with Gasteiger partial charge in [-0.05, 0) is 73.5 Å². The number of piperidine rings is 3. The third-order valence-corrected chi connectivity index (χ3v) is 6.79. The smallest absolute Gasteiger partial charge is 0.445 e. The second-order valence-electron chi connectivity index (χ2n) is 8.77. The summed E-state index contributed by atoms with van der Waals surface area (Å²) in [5.74, 6) is 0.183. The van der Waals surface area contributed by atoms with Crippen LogP contribution in [-0.2, 0) is 11.2 Å². The number of fused-ring (bicyclic) bond motifs is 4. The first-order chi connectivity index (χ1) is 15.4. The number of carbonyl (C=O) groups is 1. The fourth-order valence-electron chi connectivity index (χ4n) is 5.20. The maximum absolute atomic E-state index is 12.8. The molecule has 3 aliphatic heterocycles. The highest BCUT2D eigenvalue weighted by Gasteiger charge is 2.37. The molecule has 2 aromatic carbocycles. The summed E-state index contributed by atoms with van der Waals surface area (Å²) < 4.78 is 48.4. The molecule has 170 valence electrons. The maximum Gasteiger partial charge on any atom is 0.573 e. The number of alkyl halides is 3. The molecule has 0 spiro atoms. The van der Waals surface area contributed by atoms with Crippen molar-refractivity contribution in [3.8, 4) is 16.9 Å². The monoisotopic (exact) mass is 446 g/mol. The molecule has 4 aliphatic rings. The molecular formula is C24H25F3N2O3. The minimum Gasteiger partial charge on any atom is -0.445 e. The summed E-state index contributed by atoms with van der Waals surface area (Å²) in [5, 5.41) is 2.98. The Morgan fingerprint density at radius 3 is 2.56 bits per heavy atom. The molecule has 6 rings (SSSR count). The number of benzene rings is 2. The van der Waals surface area contributed by atoms with Gasteiger partial charge in [0.25, 0.3) is 0 Å². The van der Waals surface area contributed by atoms with Crippen LogP contribution in [0.1, 0.15) is 36.4 Å². The second-order valence-corrected chi connectivity index (χ2v) is 8.77. The highest BCUT2D eigenvalue weighted by molar-refractivity contribution is 5.73. The number of hydrogen-bond acceptors (Lipinski definition) is 4. The molecule has 3 fully saturated rings. The molecule has 2 bridgehead atoms. The summed E-state index contributed by atoms with van der Waals surface area (Å²) in [4.78, 5) is 15.0. The minimum absolute atomic E-state index is 0.0731. The summed E-state index contributed by atoms with van der Waals surface area (Å²) in [7, 11) is 0. The quantitative estimate of drug-likeness (QED) is 0.713. The van der Waals surface area contributed by atoms with E-state index in [0.717, 1.165) is 56.4 Å². The lowest BCUT2D eigenvalue weighted by Gasteiger charge is -2.43. The van der Waals surface area contributed by atoms with Crippen molar-refractivity contribution < 1.29 is 27.4 Å². The Bertz CT molecular complexity index is 1000. The van der Waals surface area contributed by atoms with Gasteiger partial charge in [-0.15, -0.1) is 13.2 Å². The summed E-state index contributed by atoms with van der Waals surface area (Å²) in [6, 6.07) is 11.4. The van der Waals surface area contributed by atoms with Crippen molar-refractivity contribution in [1.82, 2.24) is 10.2 Å². The molecule has 3 saturated heterocycles. The summed E-state index contributed by atoms with van der Waals surface area (Å²) >= 11 is 0. The van der Waals surface area contributed by atoms with Gasteiger partial charge in [-0.25, -0.2) is 4.79 Å². The molecule has 2 aromatic rings. The number of rotatable bonds is 4. The van der Waals surface area contributed by atoms with Crippen LogP contribution in [-0.4, -0.2) is 43.1 Å². The third kappa shape index (κ3) is 4.41. The van der Waals surface area contributed by atoms with Crippen LogP contribution in [0.3, 0.4) is 0 Å². The molecule has 5 nitrogen and oxygen atoms in total. The number of carbonyl (C=O) groups excluding carboxylic acids is 1. The van der Waals surface area contributed by atoms with E-state index in [1.54, 1.807) is 18.2 Å². The fourth-order valence-corrected chi connectivity index (χ4v) is 5.20. The molecule has 0 radical (unpaired) electrons. The lowest BCUT2D eigenvalue weighted by atomic mass is 9.86. The van der Waals surface area contributed by atoms with Gasteiger partial charge in [-0.2, -0.15) is 0 Å². The Labute approximate surface area is 184 Å². The van der Waals surface area contributed by atoms with E-state index in [0.29, 0.717) is 17.0 Å². The van der Waals surface area contributed by atoms with E-state index in [1.165, 1.54) is 12.1 Å². The number of alkyl carbamates (subject to hydrolysis) is 1. The van der Waals surface area contributed by atoms with Gasteiger partial charge in [0.05, 0.1) is 6.04 Å². The Morgan fingerprint density at radius 2 is 1.84 bits per heavy atom. The van der Waals surface area contributed by atoms with Crippen LogP contribution in [0.5, 0.6) is 5.75 Å². The SMILES string of the molecule is O=C(NC1CCc2ccc(-c3ccccc3OC(F)(F)F)cc21)O[C@@H]1CN2CCC1CC2. The van der Waals surface area contributed by atoms with Crippen molar-refractivity contribution in [2.75, 3.05) is 19.6 Å². The van der Waals surface area contributed by atoms with E-state index in [4.69, 9.17) is 4.74 Å². The lowest BCUT2D eigenvalue weighted by molar-refractivity contribution is -0.274. The molecular weight excluding hydrogens is 421 g/mol. The summed E-state index contributed by atoms with van der Waals surface area (Å²) in [5.41, 5.74) is 2.96. The van der Waals surface area contributed by atoms with Gasteiger partial charge in [0, 0.05) is 12.1 Å². The van der Waals surface area contributed by atoms with Crippen molar-refractivity contribution in [2.24, 2.45) is 5.92 Å². The van der Waals surface area contributed by atoms with E-state index < -0.39 is 12.5 Å². The zero-order valence-corrected chi connectivity index (χ0v) is 17.5. The molecule has 1 N–H and O–H groups in total. The Hall–Kier alpha value is -2.74. The number of nitrogens with zero attached hydrogens (tertiary/aromatic N) is 1. The molecule has 2 atom stereocenters. The molecule has 0 aromatic heterocycles. The van der Waals surface area contributed by atoms with Crippen molar-refractivity contribution in [3.05, 3.63) is 53.6 Å². The highest BCUT2D eigenvalue weighted by Crippen LogP contribution is 2.39. The fraction of sp³-hybridized carbons (Fsp3) is 0.458. The van der Waals surface area contributed by atoms with Crippen LogP contribution in [0, 0.1) is 5.92 Å². The number of amides is 1. The first kappa shape index (κ1) is 21.1. The van der Waals surface area contributed by atoms with Crippen molar-refractivity contribution >= 4 is 6.09 Å². The predicted octanol–water partition coefficient (Wildman–Crippen LogP) is 5.06. The third-order valence-electron chi connectivity index (χ3n) is 6.79. The molecule has 1 amide bonds. The largest absolute Gasteiger partial charge is 0.573 e. The van der Waals surface area contributed by atoms with Gasteiger partial charge in [-0.3, -0.25) is 4.90 Å². The zero-order valence-electron chi connectivity index (χ0n) is 17.5. The summed E-state index contributed by atoms with van der Waals surface area (Å²) in [6.07, 6.45) is -1.62. The highest BCUT2D eigenvalue weighted by atomic mass is 19.4. The van der Waals surface area contributed by atoms with E-state index in [2.05, 4.69) is 15.0 Å². The van der Waals surface area contributed by atoms with Gasteiger partial charge < -0.3 is 14.8 Å². The molecule has 32 heavy (non-hydrogen) atoms. The number of aryl methyl sites for hydroxylation is 1. The van der Waals surface area contributed by atoms with E-state index in [-0.39, 0.29) is 17.9 Å². The topological polar surface area (TPSA) is 50.8 Å². The molecule has 1 aliphatic carbocycles. The van der Waals surface area contributed by atoms with Crippen LogP contribution >= 0.6 is 0 Å². The predicted molar refractivity (Wildman–Crippen MR) is 112 cm³/mol. The minimum atomic E-state index is -4.77. The van der Waals surface area contributed by atoms with E-state index in [1.807, 2.05) is 12.1 Å². The van der Waals surface area contributed by atoms with Gasteiger partial charge in [0.2, 0.25) is 0 Å². The normalized spacial score (nSPS) is 26.5. The van der Waals surface area contributed by atoms with Crippen LogP contribution in [0.15, 0.2) is 42.5 Å². The maximum atomic E-state index is 12.8. The van der Waals surface area contributed by atoms with Crippen LogP contribution in [0.2, 0.25) is 0 Å². The number of ether oxygens (including phenoxy) is 2. The van der Waals surface area contributed by atoms with Crippen LogP contribution in [0.25, 0.3) is 11.1 Å². The number of hydrogen-bond donors (Lipinski definition) is 1. The van der Waals surface area contributed by atoms with Gasteiger partial charge in [0.1, 0.15) is 11.9 Å². The summed E-state index contributed by atoms with van der Waals surface area (Å²) in [6.45, 7) is 2.94. The van der Waals surface area contributed by atoms with Gasteiger partial charge in [0.15, 0.2) is 0 Å². The Balaban J connectivity index is 1.32. The van der Waals surface area contributed by atoms with Crippen molar-refractivity contribution in [3.63, 3.8) is 0 Å². The standard InChI is InChI=1S/C24H25F3N2O3/c25-24(26,27)32-21-4-2-1-3-18(21)17-6-5-15-7-8-20(19(15)13-17)28-23(30)31-22-14-29-11-9-16(22)10-12-29/h1-6,13,16,20,22H,7-12,14H2,(H,28,30)/t20?,22-/m1/s1. The lowest BCUT2D eigenvalue weighted by Crippen LogP contribution is -2.52. The average Bonchev–Trinajstić information content (AvgIpc) is 3.16. The molecule has 3 heterocycles. The molecule has 8 heteroatoms. The van der Waals surface area contributed by atoms with Crippen LogP contribution in [0.4, 0.5) is 18.0 Å². The molecule has 0 saturated carbocycles. The van der Waals surface area contributed by atoms with E-state index in [9.17, 15) is 18.0 Å². The van der Waals surface area contributed by atoms with Crippen molar-refractivity contribution in [1.29, 1.82) is 0 Å².